The zero-order valence-electron chi connectivity index (χ0n) is 12.2. The summed E-state index contributed by atoms with van der Waals surface area (Å²) < 4.78 is 5.70. The van der Waals surface area contributed by atoms with E-state index in [4.69, 9.17) is 27.9 Å². The average Bonchev–Trinajstić information content (AvgIpc) is 2.40. The minimum absolute atomic E-state index is 0.424. The van der Waals surface area contributed by atoms with Gasteiger partial charge in [-0.25, -0.2) is 0 Å². The largest absolute Gasteiger partial charge is 0.381 e. The zero-order chi connectivity index (χ0) is 14.7. The summed E-state index contributed by atoms with van der Waals surface area (Å²) in [6, 6.07) is 5.97. The lowest BCUT2D eigenvalue weighted by atomic mass is 9.69. The molecule has 3 atom stereocenters. The highest BCUT2D eigenvalue weighted by atomic mass is 35.5. The Bertz CT molecular complexity index is 484. The number of rotatable bonds is 4. The molecule has 20 heavy (non-hydrogen) atoms. The molecule has 1 aromatic carbocycles. The second-order valence-electron chi connectivity index (χ2n) is 5.74. The standard InChI is InChI=1S/C17H22Cl2O/c1-4-20-10-15-12(3)7-11(2)8-14(15)13-5-6-16(18)17(19)9-13/h5-6,9,12,14-15H,2,4,7-8,10H2,1,3H3/t12?,14-,15+/m1/s1. The Hall–Kier alpha value is -0.500. The maximum Gasteiger partial charge on any atom is 0.0595 e. The van der Waals surface area contributed by atoms with Crippen molar-refractivity contribution in [2.24, 2.45) is 11.8 Å². The minimum Gasteiger partial charge on any atom is -0.381 e. The van der Waals surface area contributed by atoms with Crippen molar-refractivity contribution in [3.05, 3.63) is 46.0 Å². The van der Waals surface area contributed by atoms with Crippen LogP contribution in [-0.2, 0) is 4.74 Å². The first kappa shape index (κ1) is 15.9. The van der Waals surface area contributed by atoms with E-state index in [9.17, 15) is 0 Å². The lowest BCUT2D eigenvalue weighted by molar-refractivity contribution is 0.0682. The predicted octanol–water partition coefficient (Wildman–Crippen LogP) is 5.72. The van der Waals surface area contributed by atoms with Gasteiger partial charge in [0.15, 0.2) is 0 Å². The third kappa shape index (κ3) is 3.58. The first-order valence-electron chi connectivity index (χ1n) is 7.22. The first-order chi connectivity index (χ1) is 9.52. The molecule has 3 heteroatoms. The van der Waals surface area contributed by atoms with Gasteiger partial charge in [-0.05, 0) is 55.2 Å². The molecule has 0 aliphatic heterocycles. The number of allylic oxidation sites excluding steroid dienone is 1. The molecule has 0 N–H and O–H groups in total. The van der Waals surface area contributed by atoms with E-state index in [1.54, 1.807) is 0 Å². The summed E-state index contributed by atoms with van der Waals surface area (Å²) >= 11 is 12.2. The van der Waals surface area contributed by atoms with Crippen LogP contribution in [0, 0.1) is 11.8 Å². The Morgan fingerprint density at radius 1 is 1.25 bits per heavy atom. The predicted molar refractivity (Wildman–Crippen MR) is 86.7 cm³/mol. The smallest absolute Gasteiger partial charge is 0.0595 e. The highest BCUT2D eigenvalue weighted by molar-refractivity contribution is 6.42. The molecule has 1 fully saturated rings. The van der Waals surface area contributed by atoms with E-state index in [0.717, 1.165) is 26.1 Å². The summed E-state index contributed by atoms with van der Waals surface area (Å²) in [4.78, 5) is 0. The van der Waals surface area contributed by atoms with E-state index in [-0.39, 0.29) is 0 Å². The molecular weight excluding hydrogens is 291 g/mol. The summed E-state index contributed by atoms with van der Waals surface area (Å²) in [5.74, 6) is 1.52. The van der Waals surface area contributed by atoms with E-state index in [2.05, 4.69) is 19.6 Å². The molecule has 1 aliphatic carbocycles. The van der Waals surface area contributed by atoms with Gasteiger partial charge >= 0.3 is 0 Å². The van der Waals surface area contributed by atoms with Gasteiger partial charge in [0, 0.05) is 6.61 Å². The Labute approximate surface area is 131 Å². The van der Waals surface area contributed by atoms with Gasteiger partial charge in [0.1, 0.15) is 0 Å². The number of hydrogen-bond donors (Lipinski definition) is 0. The third-order valence-corrected chi connectivity index (χ3v) is 4.99. The maximum atomic E-state index is 6.17. The van der Waals surface area contributed by atoms with Crippen LogP contribution in [0.15, 0.2) is 30.4 Å². The number of halogens is 2. The van der Waals surface area contributed by atoms with Crippen molar-refractivity contribution in [2.75, 3.05) is 13.2 Å². The van der Waals surface area contributed by atoms with Crippen molar-refractivity contribution in [3.63, 3.8) is 0 Å². The normalized spacial score (nSPS) is 26.8. The molecule has 0 heterocycles. The van der Waals surface area contributed by atoms with Crippen LogP contribution in [-0.4, -0.2) is 13.2 Å². The fourth-order valence-electron chi connectivity index (χ4n) is 3.19. The minimum atomic E-state index is 0.424. The first-order valence-corrected chi connectivity index (χ1v) is 7.97. The Kier molecular flexibility index (Phi) is 5.54. The van der Waals surface area contributed by atoms with Gasteiger partial charge in [-0.2, -0.15) is 0 Å². The van der Waals surface area contributed by atoms with Gasteiger partial charge in [0.2, 0.25) is 0 Å². The van der Waals surface area contributed by atoms with Crippen molar-refractivity contribution in [1.82, 2.24) is 0 Å². The third-order valence-electron chi connectivity index (χ3n) is 4.25. The van der Waals surface area contributed by atoms with Crippen molar-refractivity contribution in [2.45, 2.75) is 32.6 Å². The molecular formula is C17H22Cl2O. The molecule has 1 unspecified atom stereocenters. The van der Waals surface area contributed by atoms with E-state index < -0.39 is 0 Å². The van der Waals surface area contributed by atoms with Crippen LogP contribution < -0.4 is 0 Å². The lowest BCUT2D eigenvalue weighted by Gasteiger charge is -2.38. The zero-order valence-corrected chi connectivity index (χ0v) is 13.7. The Morgan fingerprint density at radius 2 is 2.00 bits per heavy atom. The SMILES string of the molecule is C=C1CC(C)[C@H](COCC)[C@@H](c2ccc(Cl)c(Cl)c2)C1. The summed E-state index contributed by atoms with van der Waals surface area (Å²) in [5.41, 5.74) is 2.57. The molecule has 1 nitrogen and oxygen atoms in total. The van der Waals surface area contributed by atoms with E-state index >= 15 is 0 Å². The van der Waals surface area contributed by atoms with Crippen LogP contribution in [0.25, 0.3) is 0 Å². The molecule has 110 valence electrons. The Balaban J connectivity index is 2.27. The quantitative estimate of drug-likeness (QED) is 0.646. The van der Waals surface area contributed by atoms with Crippen LogP contribution in [0.4, 0.5) is 0 Å². The molecule has 1 aliphatic rings. The molecule has 0 radical (unpaired) electrons. The molecule has 0 bridgehead atoms. The summed E-state index contributed by atoms with van der Waals surface area (Å²) in [7, 11) is 0. The van der Waals surface area contributed by atoms with Gasteiger partial charge < -0.3 is 4.74 Å². The van der Waals surface area contributed by atoms with Crippen LogP contribution in [0.2, 0.25) is 10.0 Å². The van der Waals surface area contributed by atoms with E-state index in [1.165, 1.54) is 11.1 Å². The fourth-order valence-corrected chi connectivity index (χ4v) is 3.50. The molecule has 1 aromatic rings. The van der Waals surface area contributed by atoms with Crippen molar-refractivity contribution in [1.29, 1.82) is 0 Å². The van der Waals surface area contributed by atoms with Gasteiger partial charge in [-0.1, -0.05) is 48.3 Å². The molecule has 1 saturated carbocycles. The van der Waals surface area contributed by atoms with Crippen LogP contribution in [0.3, 0.4) is 0 Å². The summed E-state index contributed by atoms with van der Waals surface area (Å²) in [6.07, 6.45) is 2.11. The van der Waals surface area contributed by atoms with Crippen LogP contribution >= 0.6 is 23.2 Å². The second kappa shape index (κ2) is 6.98. The monoisotopic (exact) mass is 312 g/mol. The number of hydrogen-bond acceptors (Lipinski definition) is 1. The van der Waals surface area contributed by atoms with Crippen molar-refractivity contribution >= 4 is 23.2 Å². The number of benzene rings is 1. The molecule has 0 saturated heterocycles. The maximum absolute atomic E-state index is 6.17. The highest BCUT2D eigenvalue weighted by Crippen LogP contribution is 2.44. The Morgan fingerprint density at radius 3 is 2.65 bits per heavy atom. The molecule has 2 rings (SSSR count). The summed E-state index contributed by atoms with van der Waals surface area (Å²) in [6.45, 7) is 10.1. The van der Waals surface area contributed by atoms with Crippen LogP contribution in [0.1, 0.15) is 38.2 Å². The van der Waals surface area contributed by atoms with Gasteiger partial charge in [0.05, 0.1) is 16.7 Å². The van der Waals surface area contributed by atoms with Gasteiger partial charge in [-0.15, -0.1) is 0 Å². The van der Waals surface area contributed by atoms with Gasteiger partial charge in [-0.3, -0.25) is 0 Å². The fraction of sp³-hybridized carbons (Fsp3) is 0.529. The van der Waals surface area contributed by atoms with E-state index in [0.29, 0.717) is 27.8 Å². The molecule has 0 spiro atoms. The van der Waals surface area contributed by atoms with E-state index in [1.807, 2.05) is 19.1 Å². The average molecular weight is 313 g/mol. The summed E-state index contributed by atoms with van der Waals surface area (Å²) in [5, 5.41) is 1.24. The highest BCUT2D eigenvalue weighted by Gasteiger charge is 2.33. The molecule has 0 amide bonds. The van der Waals surface area contributed by atoms with Crippen molar-refractivity contribution in [3.8, 4) is 0 Å². The topological polar surface area (TPSA) is 9.23 Å². The van der Waals surface area contributed by atoms with Gasteiger partial charge in [0.25, 0.3) is 0 Å². The second-order valence-corrected chi connectivity index (χ2v) is 6.55. The van der Waals surface area contributed by atoms with Crippen molar-refractivity contribution < 1.29 is 4.74 Å². The molecule has 0 aromatic heterocycles. The number of ether oxygens (including phenoxy) is 1. The van der Waals surface area contributed by atoms with Crippen LogP contribution in [0.5, 0.6) is 0 Å². The lowest BCUT2D eigenvalue weighted by Crippen LogP contribution is -2.30.